The maximum atomic E-state index is 7.28. The second-order valence-corrected chi connectivity index (χ2v) is 17.6. The molecule has 0 atom stereocenters. The van der Waals surface area contributed by atoms with Gasteiger partial charge in [-0.05, 0) is 111 Å². The van der Waals surface area contributed by atoms with Gasteiger partial charge in [-0.25, -0.2) is 0 Å². The summed E-state index contributed by atoms with van der Waals surface area (Å²) in [4.78, 5) is 9.42. The number of hydrogen-bond donors (Lipinski definition) is 0. The van der Waals surface area contributed by atoms with Gasteiger partial charge in [0, 0.05) is 51.0 Å². The van der Waals surface area contributed by atoms with Crippen LogP contribution in [0.3, 0.4) is 0 Å². The van der Waals surface area contributed by atoms with Crippen LogP contribution in [0.2, 0.25) is 0 Å². The molecule has 0 aliphatic heterocycles. The van der Waals surface area contributed by atoms with E-state index in [1.807, 2.05) is 6.07 Å². The quantitative estimate of drug-likeness (QED) is 0.156. The molecule has 1 aliphatic rings. The fourth-order valence-electron chi connectivity index (χ4n) is 9.27. The Balaban J connectivity index is 0.000000244. The Morgan fingerprint density at radius 3 is 2.09 bits per heavy atom. The third-order valence-corrected chi connectivity index (χ3v) is 12.5. The maximum absolute atomic E-state index is 7.28. The van der Waals surface area contributed by atoms with Gasteiger partial charge in [0.15, 0.2) is 0 Å². The average Bonchev–Trinajstić information content (AvgIpc) is 3.98. The molecule has 5 heteroatoms. The molecule has 3 aromatic heterocycles. The van der Waals surface area contributed by atoms with E-state index in [0.29, 0.717) is 11.3 Å². The molecular formula is C59H51IrN3O-2. The monoisotopic (exact) mass is 1020 g/mol. The number of hydrogen-bond acceptors (Lipinski definition) is 3. The van der Waals surface area contributed by atoms with Gasteiger partial charge in [-0.1, -0.05) is 138 Å². The van der Waals surface area contributed by atoms with Gasteiger partial charge in [-0.15, -0.1) is 53.6 Å². The van der Waals surface area contributed by atoms with Crippen molar-refractivity contribution in [3.8, 4) is 50.6 Å². The largest absolute Gasteiger partial charge is 0.501 e. The number of aryl methyl sites for hydroxylation is 2. The summed E-state index contributed by atoms with van der Waals surface area (Å²) in [5.41, 5.74) is 17.6. The van der Waals surface area contributed by atoms with E-state index in [9.17, 15) is 0 Å². The van der Waals surface area contributed by atoms with E-state index in [2.05, 4.69) is 172 Å². The Labute approximate surface area is 398 Å². The summed E-state index contributed by atoms with van der Waals surface area (Å²) in [5.74, 6) is 1.41. The Hall–Kier alpha value is -6.39. The van der Waals surface area contributed by atoms with E-state index in [0.717, 1.165) is 44.4 Å². The van der Waals surface area contributed by atoms with Crippen LogP contribution in [-0.2, 0) is 25.5 Å². The summed E-state index contributed by atoms with van der Waals surface area (Å²) in [6.45, 7) is 9.46. The molecule has 3 heterocycles. The minimum absolute atomic E-state index is 0. The number of imidazole rings is 1. The molecule has 10 aromatic rings. The summed E-state index contributed by atoms with van der Waals surface area (Å²) in [6.07, 6.45) is 1.30. The van der Waals surface area contributed by atoms with Crippen LogP contribution in [0.25, 0.3) is 83.6 Å². The van der Waals surface area contributed by atoms with Crippen LogP contribution in [-0.4, -0.2) is 14.5 Å². The SMILES string of the molecule is CC(C)c1cc(-c2ccccc2)cc(C(C)C)c1-n1c(-c2[c-]ccc3c2oc2cc4c(cc23)-c2ccccc2C4(C)C)nc2ccccc21.[2H]C([2H])([2H])c1c[c-]c(-c2ccc(C([2H])([2H])[2H])cn2)cc1.[Ir]. The van der Waals surface area contributed by atoms with E-state index in [-0.39, 0.29) is 48.5 Å². The molecule has 0 amide bonds. The fourth-order valence-corrected chi connectivity index (χ4v) is 9.27. The van der Waals surface area contributed by atoms with Gasteiger partial charge in [0.1, 0.15) is 5.58 Å². The zero-order chi connectivity index (χ0) is 48.6. The van der Waals surface area contributed by atoms with Crippen LogP contribution >= 0.6 is 0 Å². The Kier molecular flexibility index (Phi) is 9.54. The molecule has 0 N–H and O–H groups in total. The first-order chi connectivity index (χ1) is 32.9. The predicted octanol–water partition coefficient (Wildman–Crippen LogP) is 15.8. The maximum Gasteiger partial charge on any atom is 0.121 e. The van der Waals surface area contributed by atoms with Gasteiger partial charge in [0.25, 0.3) is 0 Å². The van der Waals surface area contributed by atoms with Crippen molar-refractivity contribution in [2.75, 3.05) is 0 Å². The van der Waals surface area contributed by atoms with Crippen LogP contribution < -0.4 is 0 Å². The van der Waals surface area contributed by atoms with Crippen LogP contribution in [0.5, 0.6) is 0 Å². The third-order valence-electron chi connectivity index (χ3n) is 12.5. The molecular weight excluding hydrogens is 959 g/mol. The van der Waals surface area contributed by atoms with Crippen molar-refractivity contribution < 1.29 is 32.7 Å². The Morgan fingerprint density at radius 2 is 1.39 bits per heavy atom. The molecule has 7 aromatic carbocycles. The molecule has 4 nitrogen and oxygen atoms in total. The zero-order valence-corrected chi connectivity index (χ0v) is 39.1. The minimum atomic E-state index is -2.18. The number of furan rings is 1. The van der Waals surface area contributed by atoms with Crippen LogP contribution in [0, 0.1) is 25.8 Å². The van der Waals surface area contributed by atoms with Gasteiger partial charge in [0.05, 0.1) is 22.4 Å². The van der Waals surface area contributed by atoms with Crippen LogP contribution in [0.4, 0.5) is 0 Å². The first-order valence-electron chi connectivity index (χ1n) is 24.6. The van der Waals surface area contributed by atoms with Crippen molar-refractivity contribution >= 4 is 33.0 Å². The van der Waals surface area contributed by atoms with E-state index in [1.54, 1.807) is 12.1 Å². The average molecular weight is 1020 g/mol. The number of fused-ring (bicyclic) bond motifs is 7. The van der Waals surface area contributed by atoms with Crippen molar-refractivity contribution in [3.05, 3.63) is 197 Å². The number of para-hydroxylation sites is 2. The van der Waals surface area contributed by atoms with Gasteiger partial charge < -0.3 is 14.0 Å². The first-order valence-corrected chi connectivity index (χ1v) is 21.6. The predicted molar refractivity (Wildman–Crippen MR) is 262 cm³/mol. The number of benzene rings is 7. The summed E-state index contributed by atoms with van der Waals surface area (Å²) in [5, 5.41) is 2.21. The summed E-state index contributed by atoms with van der Waals surface area (Å²) >= 11 is 0. The number of rotatable bonds is 6. The normalized spacial score (nSPS) is 14.4. The van der Waals surface area contributed by atoms with Gasteiger partial charge >= 0.3 is 0 Å². The molecule has 1 aliphatic carbocycles. The molecule has 0 saturated carbocycles. The Morgan fingerprint density at radius 1 is 0.672 bits per heavy atom. The van der Waals surface area contributed by atoms with Crippen molar-refractivity contribution in [1.82, 2.24) is 14.5 Å². The summed E-state index contributed by atoms with van der Waals surface area (Å²) in [7, 11) is 0. The molecule has 64 heavy (non-hydrogen) atoms. The molecule has 11 rings (SSSR count). The molecule has 0 fully saturated rings. The molecule has 1 radical (unpaired) electrons. The van der Waals surface area contributed by atoms with Gasteiger partial charge in [0.2, 0.25) is 0 Å². The number of nitrogens with zero attached hydrogens (tertiary/aromatic N) is 3. The van der Waals surface area contributed by atoms with Crippen LogP contribution in [0.15, 0.2) is 156 Å². The zero-order valence-electron chi connectivity index (χ0n) is 42.7. The van der Waals surface area contributed by atoms with E-state index >= 15 is 0 Å². The number of pyridine rings is 1. The third kappa shape index (κ3) is 7.41. The fraction of sp³-hybridized carbons (Fsp3) is 0.186. The molecule has 0 spiro atoms. The van der Waals surface area contributed by atoms with E-state index in [4.69, 9.17) is 17.6 Å². The van der Waals surface area contributed by atoms with Gasteiger partial charge in [-0.3, -0.25) is 4.98 Å². The van der Waals surface area contributed by atoms with E-state index < -0.39 is 13.7 Å². The Bertz CT molecular complexity index is 3470. The second kappa shape index (κ2) is 17.0. The molecule has 0 unspecified atom stereocenters. The van der Waals surface area contributed by atoms with Crippen molar-refractivity contribution in [3.63, 3.8) is 0 Å². The summed E-state index contributed by atoms with van der Waals surface area (Å²) < 4.78 is 52.9. The standard InChI is InChI=1S/C46H39N2O.C13H12N.Ir/c1-27(2)34-23-30(29-15-8-7-9-16-29)24-35(28(3)4)43(34)48-41-22-13-12-21-40(41)47-45(48)33-19-14-18-32-37-25-36-31-17-10-11-20-38(31)46(5,6)39(36)26-42(37)49-44(32)33;1-10-3-6-12(7-4-10)13-8-5-11(2)9-14-13;/h7-18,20-28H,1-6H3;3-6,8-9H,1-2H3;/q2*-1;/i;1D3,2D3;. The van der Waals surface area contributed by atoms with Gasteiger partial charge in [-0.2, -0.15) is 0 Å². The van der Waals surface area contributed by atoms with Crippen molar-refractivity contribution in [2.45, 2.75) is 72.5 Å². The van der Waals surface area contributed by atoms with E-state index in [1.165, 1.54) is 74.6 Å². The van der Waals surface area contributed by atoms with Crippen LogP contribution in [0.1, 0.15) is 95.0 Å². The molecule has 319 valence electrons. The van der Waals surface area contributed by atoms with Crippen molar-refractivity contribution in [2.24, 2.45) is 0 Å². The summed E-state index contributed by atoms with van der Waals surface area (Å²) in [6, 6.07) is 55.6. The van der Waals surface area contributed by atoms with Crippen molar-refractivity contribution in [1.29, 1.82) is 0 Å². The smallest absolute Gasteiger partial charge is 0.121 e. The molecule has 0 saturated heterocycles. The topological polar surface area (TPSA) is 43.9 Å². The number of aromatic nitrogens is 3. The minimum Gasteiger partial charge on any atom is -0.501 e. The second-order valence-electron chi connectivity index (χ2n) is 17.6. The molecule has 0 bridgehead atoms. The first kappa shape index (κ1) is 36.0.